The molecule has 1 aliphatic heterocycles. The van der Waals surface area contributed by atoms with Gasteiger partial charge in [0.1, 0.15) is 11.5 Å². The largest absolute Gasteiger partial charge is 0.340 e. The van der Waals surface area contributed by atoms with Gasteiger partial charge in [0.2, 0.25) is 0 Å². The Balaban J connectivity index is 1.67. The van der Waals surface area contributed by atoms with Crippen LogP contribution in [0.5, 0.6) is 0 Å². The van der Waals surface area contributed by atoms with Crippen LogP contribution in [0.2, 0.25) is 0 Å². The summed E-state index contributed by atoms with van der Waals surface area (Å²) in [6, 6.07) is 6.16. The highest BCUT2D eigenvalue weighted by Crippen LogP contribution is 2.32. The van der Waals surface area contributed by atoms with Gasteiger partial charge in [0.05, 0.1) is 23.4 Å². The molecule has 2 aromatic heterocycles. The number of imidazole rings is 2. The first-order chi connectivity index (χ1) is 11.1. The van der Waals surface area contributed by atoms with Crippen LogP contribution < -0.4 is 0 Å². The highest BCUT2D eigenvalue weighted by atomic mass is 16.2. The molecular weight excluding hydrogens is 290 g/mol. The fourth-order valence-electron chi connectivity index (χ4n) is 3.27. The van der Waals surface area contributed by atoms with Crippen molar-refractivity contribution in [1.29, 1.82) is 0 Å². The van der Waals surface area contributed by atoms with Crippen LogP contribution in [0.1, 0.15) is 40.8 Å². The average molecular weight is 309 g/mol. The number of fused-ring (bicyclic) bond motifs is 1. The van der Waals surface area contributed by atoms with Crippen molar-refractivity contribution >= 4 is 16.9 Å². The molecule has 6 heteroatoms. The zero-order chi connectivity index (χ0) is 16.0. The van der Waals surface area contributed by atoms with E-state index < -0.39 is 0 Å². The molecular formula is C17H19N5O. The highest BCUT2D eigenvalue weighted by Gasteiger charge is 2.33. The summed E-state index contributed by atoms with van der Waals surface area (Å²) in [7, 11) is 1.87. The second-order valence-corrected chi connectivity index (χ2v) is 6.22. The molecule has 0 spiro atoms. The van der Waals surface area contributed by atoms with Crippen LogP contribution in [0.15, 0.2) is 30.7 Å². The van der Waals surface area contributed by atoms with Crippen LogP contribution in [-0.4, -0.2) is 36.9 Å². The molecule has 1 amide bonds. The number of hydrogen-bond donors (Lipinski definition) is 1. The topological polar surface area (TPSA) is 66.8 Å². The number of carbonyl (C=O) groups excluding carboxylic acids is 1. The average Bonchev–Trinajstić information content (AvgIpc) is 3.23. The molecule has 1 aliphatic rings. The van der Waals surface area contributed by atoms with E-state index >= 15 is 0 Å². The maximum atomic E-state index is 12.7. The highest BCUT2D eigenvalue weighted by molar-refractivity contribution is 5.92. The quantitative estimate of drug-likeness (QED) is 0.791. The van der Waals surface area contributed by atoms with Crippen LogP contribution in [0.25, 0.3) is 11.0 Å². The summed E-state index contributed by atoms with van der Waals surface area (Å²) in [6.07, 6.45) is 5.33. The molecule has 118 valence electrons. The van der Waals surface area contributed by atoms with Crippen molar-refractivity contribution in [3.63, 3.8) is 0 Å². The number of nitrogens with zero attached hydrogens (tertiary/aromatic N) is 4. The Morgan fingerprint density at radius 1 is 1.39 bits per heavy atom. The van der Waals surface area contributed by atoms with Crippen LogP contribution in [0, 0.1) is 6.92 Å². The number of carbonyl (C=O) groups is 1. The molecule has 0 aliphatic carbocycles. The normalized spacial score (nSPS) is 18.0. The maximum absolute atomic E-state index is 12.7. The van der Waals surface area contributed by atoms with E-state index in [1.165, 1.54) is 5.56 Å². The molecule has 0 unspecified atom stereocenters. The minimum absolute atomic E-state index is 0.00258. The van der Waals surface area contributed by atoms with E-state index in [0.717, 1.165) is 36.2 Å². The lowest BCUT2D eigenvalue weighted by molar-refractivity contribution is 0.0725. The van der Waals surface area contributed by atoms with E-state index in [1.54, 1.807) is 17.1 Å². The van der Waals surface area contributed by atoms with Crippen molar-refractivity contribution in [2.24, 2.45) is 7.05 Å². The van der Waals surface area contributed by atoms with Crippen molar-refractivity contribution in [3.8, 4) is 0 Å². The van der Waals surface area contributed by atoms with Gasteiger partial charge in [-0.1, -0.05) is 6.07 Å². The van der Waals surface area contributed by atoms with Crippen LogP contribution in [0.4, 0.5) is 0 Å². The van der Waals surface area contributed by atoms with Gasteiger partial charge in [-0.25, -0.2) is 9.97 Å². The van der Waals surface area contributed by atoms with Crippen molar-refractivity contribution < 1.29 is 4.79 Å². The molecule has 1 atom stereocenters. The fourth-order valence-corrected chi connectivity index (χ4v) is 3.27. The van der Waals surface area contributed by atoms with E-state index in [2.05, 4.69) is 29.0 Å². The molecule has 1 aromatic carbocycles. The fraction of sp³-hybridized carbons (Fsp3) is 0.353. The molecule has 3 heterocycles. The minimum atomic E-state index is -0.0234. The van der Waals surface area contributed by atoms with E-state index in [1.807, 2.05) is 18.0 Å². The zero-order valence-corrected chi connectivity index (χ0v) is 13.3. The van der Waals surface area contributed by atoms with E-state index in [4.69, 9.17) is 4.98 Å². The second kappa shape index (κ2) is 5.22. The summed E-state index contributed by atoms with van der Waals surface area (Å²) in [5, 5.41) is 0. The number of aromatic amines is 1. The number of benzene rings is 1. The lowest BCUT2D eigenvalue weighted by Crippen LogP contribution is -2.31. The zero-order valence-electron chi connectivity index (χ0n) is 13.3. The molecule has 3 aromatic rings. The van der Waals surface area contributed by atoms with Gasteiger partial charge in [-0.3, -0.25) is 4.79 Å². The van der Waals surface area contributed by atoms with Crippen molar-refractivity contribution in [2.75, 3.05) is 6.54 Å². The van der Waals surface area contributed by atoms with Gasteiger partial charge in [-0.2, -0.15) is 0 Å². The predicted octanol–water partition coefficient (Wildman–Crippen LogP) is 2.58. The van der Waals surface area contributed by atoms with E-state index in [9.17, 15) is 4.79 Å². The molecule has 23 heavy (non-hydrogen) atoms. The van der Waals surface area contributed by atoms with Crippen molar-refractivity contribution in [3.05, 3.63) is 47.8 Å². The first-order valence-corrected chi connectivity index (χ1v) is 7.87. The van der Waals surface area contributed by atoms with Gasteiger partial charge < -0.3 is 14.5 Å². The second-order valence-electron chi connectivity index (χ2n) is 6.22. The molecule has 1 saturated heterocycles. The van der Waals surface area contributed by atoms with Gasteiger partial charge in [0, 0.05) is 19.8 Å². The number of nitrogens with one attached hydrogen (secondary N) is 1. The molecule has 0 bridgehead atoms. The number of H-pyrrole nitrogens is 1. The van der Waals surface area contributed by atoms with Gasteiger partial charge >= 0.3 is 0 Å². The Morgan fingerprint density at radius 3 is 3.04 bits per heavy atom. The third kappa shape index (κ3) is 2.40. The van der Waals surface area contributed by atoms with Gasteiger partial charge in [0.15, 0.2) is 0 Å². The Morgan fingerprint density at radius 2 is 2.26 bits per heavy atom. The number of aryl methyl sites for hydroxylation is 2. The number of amides is 1. The lowest BCUT2D eigenvalue weighted by Gasteiger charge is -2.22. The summed E-state index contributed by atoms with van der Waals surface area (Å²) in [5.74, 6) is 0.845. The van der Waals surface area contributed by atoms with Gasteiger partial charge in [-0.15, -0.1) is 0 Å². The Hall–Kier alpha value is -2.63. The molecule has 0 radical (unpaired) electrons. The molecule has 6 nitrogen and oxygen atoms in total. The van der Waals surface area contributed by atoms with Crippen LogP contribution in [0.3, 0.4) is 0 Å². The van der Waals surface area contributed by atoms with Gasteiger partial charge in [-0.05, 0) is 37.5 Å². The summed E-state index contributed by atoms with van der Waals surface area (Å²) in [4.78, 5) is 26.9. The molecule has 1 N–H and O–H groups in total. The monoisotopic (exact) mass is 309 g/mol. The Bertz CT molecular complexity index is 878. The number of hydrogen-bond acceptors (Lipinski definition) is 3. The molecule has 1 fully saturated rings. The van der Waals surface area contributed by atoms with Gasteiger partial charge in [0.25, 0.3) is 5.91 Å². The number of aromatic nitrogens is 4. The molecule has 4 rings (SSSR count). The summed E-state index contributed by atoms with van der Waals surface area (Å²) >= 11 is 0. The minimum Gasteiger partial charge on any atom is -0.340 e. The maximum Gasteiger partial charge on any atom is 0.274 e. The third-order valence-electron chi connectivity index (χ3n) is 4.41. The smallest absolute Gasteiger partial charge is 0.274 e. The standard InChI is InChI=1S/C17H19N5O/c1-11-5-6-12-13(8-11)20-16(19-12)15-4-3-7-22(15)17(23)14-9-21(2)10-18-14/h5-6,8-10,15H,3-4,7H2,1-2H3,(H,19,20)/t15-/m1/s1. The van der Waals surface area contributed by atoms with Crippen LogP contribution in [-0.2, 0) is 7.05 Å². The first-order valence-electron chi connectivity index (χ1n) is 7.87. The third-order valence-corrected chi connectivity index (χ3v) is 4.41. The number of rotatable bonds is 2. The van der Waals surface area contributed by atoms with Crippen LogP contribution >= 0.6 is 0 Å². The Kier molecular flexibility index (Phi) is 3.18. The first kappa shape index (κ1) is 14.0. The lowest BCUT2D eigenvalue weighted by atomic mass is 10.2. The Labute approximate surface area is 134 Å². The van der Waals surface area contributed by atoms with Crippen molar-refractivity contribution in [1.82, 2.24) is 24.4 Å². The van der Waals surface area contributed by atoms with Crippen molar-refractivity contribution in [2.45, 2.75) is 25.8 Å². The molecule has 0 saturated carbocycles. The summed E-state index contributed by atoms with van der Waals surface area (Å²) < 4.78 is 1.79. The predicted molar refractivity (Wildman–Crippen MR) is 87.1 cm³/mol. The summed E-state index contributed by atoms with van der Waals surface area (Å²) in [6.45, 7) is 2.81. The number of likely N-dealkylation sites (tertiary alicyclic amines) is 1. The summed E-state index contributed by atoms with van der Waals surface area (Å²) in [5.41, 5.74) is 3.66. The van der Waals surface area contributed by atoms with E-state index in [0.29, 0.717) is 5.69 Å². The van der Waals surface area contributed by atoms with E-state index in [-0.39, 0.29) is 11.9 Å². The SMILES string of the molecule is Cc1ccc2nc([C@H]3CCCN3C(=O)c3cn(C)cn3)[nH]c2c1.